The van der Waals surface area contributed by atoms with Gasteiger partial charge in [0.1, 0.15) is 11.2 Å². The summed E-state index contributed by atoms with van der Waals surface area (Å²) in [4.78, 5) is 0. The number of furan rings is 1. The zero-order valence-electron chi connectivity index (χ0n) is 24.4. The molecule has 0 atom stereocenters. The van der Waals surface area contributed by atoms with E-state index in [0.29, 0.717) is 0 Å². The van der Waals surface area contributed by atoms with E-state index in [0.717, 1.165) is 21.9 Å². The molecular formula is C44H26O. The number of benzene rings is 9. The van der Waals surface area contributed by atoms with Crippen LogP contribution in [0.1, 0.15) is 0 Å². The molecule has 1 aromatic heterocycles. The fourth-order valence-corrected chi connectivity index (χ4v) is 7.69. The summed E-state index contributed by atoms with van der Waals surface area (Å²) in [5, 5.41) is 14.8. The van der Waals surface area contributed by atoms with Gasteiger partial charge in [-0.25, -0.2) is 0 Å². The quantitative estimate of drug-likeness (QED) is 0.149. The summed E-state index contributed by atoms with van der Waals surface area (Å²) in [7, 11) is 0. The summed E-state index contributed by atoms with van der Waals surface area (Å²) in [6.45, 7) is 0. The minimum Gasteiger partial charge on any atom is -0.456 e. The molecule has 1 heteroatoms. The topological polar surface area (TPSA) is 13.1 Å². The Hall–Kier alpha value is -5.92. The Balaban J connectivity index is 1.38. The molecule has 0 bridgehead atoms. The summed E-state index contributed by atoms with van der Waals surface area (Å²) < 4.78 is 6.53. The fourth-order valence-electron chi connectivity index (χ4n) is 7.69. The van der Waals surface area contributed by atoms with E-state index < -0.39 is 0 Å². The lowest BCUT2D eigenvalue weighted by atomic mass is 9.83. The van der Waals surface area contributed by atoms with Crippen molar-refractivity contribution >= 4 is 75.8 Å². The second-order valence-electron chi connectivity index (χ2n) is 12.0. The largest absolute Gasteiger partial charge is 0.456 e. The first kappa shape index (κ1) is 24.5. The minimum atomic E-state index is 0.913. The monoisotopic (exact) mass is 570 g/mol. The Labute approximate surface area is 259 Å². The van der Waals surface area contributed by atoms with E-state index in [1.165, 1.54) is 76.1 Å². The van der Waals surface area contributed by atoms with Crippen molar-refractivity contribution in [2.24, 2.45) is 0 Å². The third kappa shape index (κ3) is 3.50. The van der Waals surface area contributed by atoms with Gasteiger partial charge < -0.3 is 4.42 Å². The van der Waals surface area contributed by atoms with E-state index in [1.54, 1.807) is 0 Å². The maximum Gasteiger partial charge on any atom is 0.136 e. The number of hydrogen-bond acceptors (Lipinski definition) is 1. The van der Waals surface area contributed by atoms with Crippen LogP contribution in [0.2, 0.25) is 0 Å². The predicted octanol–water partition coefficient (Wildman–Crippen LogP) is 12.7. The molecule has 0 aliphatic heterocycles. The molecule has 0 spiro atoms. The molecule has 0 amide bonds. The van der Waals surface area contributed by atoms with Crippen molar-refractivity contribution in [2.75, 3.05) is 0 Å². The van der Waals surface area contributed by atoms with Gasteiger partial charge in [0.2, 0.25) is 0 Å². The van der Waals surface area contributed by atoms with Gasteiger partial charge in [-0.1, -0.05) is 133 Å². The molecule has 10 rings (SSSR count). The van der Waals surface area contributed by atoms with Crippen molar-refractivity contribution in [3.05, 3.63) is 158 Å². The van der Waals surface area contributed by atoms with Crippen molar-refractivity contribution in [3.63, 3.8) is 0 Å². The van der Waals surface area contributed by atoms with Crippen LogP contribution in [0, 0.1) is 0 Å². The Morgan fingerprint density at radius 1 is 0.289 bits per heavy atom. The third-order valence-electron chi connectivity index (χ3n) is 9.60. The first-order valence-electron chi connectivity index (χ1n) is 15.5. The molecule has 1 heterocycles. The number of fused-ring (bicyclic) bond motifs is 9. The SMILES string of the molecule is c1ccc2cc3c(cc2c1)oc1cccc(-c2c4ccccc4c(-c4cc5ccccc5c5ccccc45)c4ccccc24)c13. The summed E-state index contributed by atoms with van der Waals surface area (Å²) in [5.41, 5.74) is 6.82. The molecule has 0 unspecified atom stereocenters. The van der Waals surface area contributed by atoms with Crippen LogP contribution in [-0.2, 0) is 0 Å². The van der Waals surface area contributed by atoms with Crippen molar-refractivity contribution in [1.82, 2.24) is 0 Å². The highest BCUT2D eigenvalue weighted by Gasteiger charge is 2.21. The van der Waals surface area contributed by atoms with Crippen LogP contribution in [0.25, 0.3) is 98.1 Å². The standard InChI is InChI=1S/C44H26O/c1-2-13-28-26-41-39(24-27(28)12-1)44-37(22-11-23-40(44)45-41)42-33-18-7-9-20-35(33)43(36-21-10-8-19-34(36)42)38-25-29-14-3-4-15-30(29)31-16-5-6-17-32(31)38/h1-26H. The van der Waals surface area contributed by atoms with E-state index in [-0.39, 0.29) is 0 Å². The van der Waals surface area contributed by atoms with Crippen LogP contribution < -0.4 is 0 Å². The molecule has 10 aromatic rings. The van der Waals surface area contributed by atoms with Crippen LogP contribution in [0.4, 0.5) is 0 Å². The summed E-state index contributed by atoms with van der Waals surface area (Å²) in [5.74, 6) is 0. The first-order chi connectivity index (χ1) is 22.3. The molecule has 0 N–H and O–H groups in total. The predicted molar refractivity (Wildman–Crippen MR) is 192 cm³/mol. The van der Waals surface area contributed by atoms with Crippen molar-refractivity contribution in [1.29, 1.82) is 0 Å². The van der Waals surface area contributed by atoms with E-state index in [9.17, 15) is 0 Å². The highest BCUT2D eigenvalue weighted by Crippen LogP contribution is 2.48. The average molecular weight is 571 g/mol. The second-order valence-corrected chi connectivity index (χ2v) is 12.0. The normalized spacial score (nSPS) is 12.0. The molecule has 0 aliphatic carbocycles. The third-order valence-corrected chi connectivity index (χ3v) is 9.60. The molecule has 208 valence electrons. The Kier molecular flexibility index (Phi) is 5.06. The van der Waals surface area contributed by atoms with E-state index >= 15 is 0 Å². The molecule has 0 fully saturated rings. The van der Waals surface area contributed by atoms with E-state index in [1.807, 2.05) is 0 Å². The minimum absolute atomic E-state index is 0.913. The molecule has 0 saturated carbocycles. The number of hydrogen-bond donors (Lipinski definition) is 0. The fraction of sp³-hybridized carbons (Fsp3) is 0. The van der Waals surface area contributed by atoms with Crippen LogP contribution >= 0.6 is 0 Å². The van der Waals surface area contributed by atoms with Crippen LogP contribution in [0.15, 0.2) is 162 Å². The van der Waals surface area contributed by atoms with Gasteiger partial charge in [-0.15, -0.1) is 0 Å². The molecule has 0 saturated heterocycles. The smallest absolute Gasteiger partial charge is 0.136 e. The molecule has 9 aromatic carbocycles. The highest BCUT2D eigenvalue weighted by atomic mass is 16.3. The Morgan fingerprint density at radius 2 is 0.800 bits per heavy atom. The van der Waals surface area contributed by atoms with Crippen molar-refractivity contribution < 1.29 is 4.42 Å². The Bertz CT molecular complexity index is 2760. The van der Waals surface area contributed by atoms with Gasteiger partial charge in [0.25, 0.3) is 0 Å². The maximum atomic E-state index is 6.53. The molecular weight excluding hydrogens is 544 g/mol. The lowest BCUT2D eigenvalue weighted by Gasteiger charge is -2.20. The van der Waals surface area contributed by atoms with Gasteiger partial charge in [-0.05, 0) is 100 Å². The summed E-state index contributed by atoms with van der Waals surface area (Å²) >= 11 is 0. The lowest BCUT2D eigenvalue weighted by molar-refractivity contribution is 0.669. The van der Waals surface area contributed by atoms with E-state index in [4.69, 9.17) is 4.42 Å². The second kappa shape index (κ2) is 9.29. The van der Waals surface area contributed by atoms with Crippen molar-refractivity contribution in [3.8, 4) is 22.3 Å². The van der Waals surface area contributed by atoms with Gasteiger partial charge in [0.05, 0.1) is 0 Å². The number of rotatable bonds is 2. The van der Waals surface area contributed by atoms with Gasteiger partial charge in [0.15, 0.2) is 0 Å². The molecule has 45 heavy (non-hydrogen) atoms. The Morgan fingerprint density at radius 3 is 1.47 bits per heavy atom. The van der Waals surface area contributed by atoms with Crippen molar-refractivity contribution in [2.45, 2.75) is 0 Å². The highest BCUT2D eigenvalue weighted by molar-refractivity contribution is 6.28. The molecule has 0 radical (unpaired) electrons. The maximum absolute atomic E-state index is 6.53. The zero-order chi connectivity index (χ0) is 29.5. The van der Waals surface area contributed by atoms with Gasteiger partial charge in [-0.2, -0.15) is 0 Å². The van der Waals surface area contributed by atoms with Crippen LogP contribution in [0.3, 0.4) is 0 Å². The van der Waals surface area contributed by atoms with Crippen LogP contribution in [0.5, 0.6) is 0 Å². The lowest BCUT2D eigenvalue weighted by Crippen LogP contribution is -1.92. The first-order valence-corrected chi connectivity index (χ1v) is 15.5. The van der Waals surface area contributed by atoms with Gasteiger partial charge >= 0.3 is 0 Å². The van der Waals surface area contributed by atoms with Gasteiger partial charge in [-0.3, -0.25) is 0 Å². The zero-order valence-corrected chi connectivity index (χ0v) is 24.4. The average Bonchev–Trinajstić information content (AvgIpc) is 3.47. The summed E-state index contributed by atoms with van der Waals surface area (Å²) in [6.07, 6.45) is 0. The van der Waals surface area contributed by atoms with Crippen LogP contribution in [-0.4, -0.2) is 0 Å². The van der Waals surface area contributed by atoms with E-state index in [2.05, 4.69) is 158 Å². The van der Waals surface area contributed by atoms with Gasteiger partial charge in [0, 0.05) is 10.8 Å². The summed E-state index contributed by atoms with van der Waals surface area (Å²) in [6, 6.07) is 57.3. The molecule has 0 aliphatic rings. The molecule has 1 nitrogen and oxygen atoms in total.